The topological polar surface area (TPSA) is 61.8 Å². The highest BCUT2D eigenvalue weighted by Crippen LogP contribution is 2.15. The number of guanidine groups is 1. The second-order valence-corrected chi connectivity index (χ2v) is 7.14. The molecule has 0 saturated carbocycles. The first-order valence-corrected chi connectivity index (χ1v) is 9.13. The third-order valence-corrected chi connectivity index (χ3v) is 5.08. The highest BCUT2D eigenvalue weighted by molar-refractivity contribution is 14.0. The minimum Gasteiger partial charge on any atom is -0.383 e. The number of hydrogen-bond donors (Lipinski definition) is 2. The van der Waals surface area contributed by atoms with Gasteiger partial charge in [0.25, 0.3) is 0 Å². The van der Waals surface area contributed by atoms with Crippen LogP contribution >= 0.6 is 35.3 Å². The molecule has 8 heteroatoms. The van der Waals surface area contributed by atoms with Crippen molar-refractivity contribution in [3.8, 4) is 0 Å². The van der Waals surface area contributed by atoms with Gasteiger partial charge in [-0.3, -0.25) is 9.89 Å². The molecule has 1 saturated heterocycles. The smallest absolute Gasteiger partial charge is 0.191 e. The number of rotatable bonds is 8. The molecule has 0 bridgehead atoms. The minimum absolute atomic E-state index is 0. The number of nitrogens with one attached hydrogen (secondary N) is 2. The fourth-order valence-electron chi connectivity index (χ4n) is 2.87. The second-order valence-electron chi connectivity index (χ2n) is 5.82. The summed E-state index contributed by atoms with van der Waals surface area (Å²) in [4.78, 5) is 12.5. The largest absolute Gasteiger partial charge is 0.383 e. The molecule has 0 aromatic carbocycles. The Hall–Kier alpha value is -0.450. The number of thiazole rings is 1. The summed E-state index contributed by atoms with van der Waals surface area (Å²) in [6.45, 7) is 6.86. The van der Waals surface area contributed by atoms with Crippen LogP contribution in [-0.2, 0) is 11.2 Å². The SMILES string of the molecule is CN=C(NCCc1ncc(C)s1)NCC1CCCN1CCOC.I. The molecular weight excluding hydrogens is 437 g/mol. The Bertz CT molecular complexity index is 497. The zero-order valence-corrected chi connectivity index (χ0v) is 18.0. The summed E-state index contributed by atoms with van der Waals surface area (Å²) in [5, 5.41) is 7.99. The molecule has 1 aliphatic rings. The molecule has 1 aliphatic heterocycles. The number of halogens is 1. The molecule has 6 nitrogen and oxygen atoms in total. The molecule has 1 aromatic rings. The number of ether oxygens (including phenoxy) is 1. The van der Waals surface area contributed by atoms with Gasteiger partial charge in [0.2, 0.25) is 0 Å². The molecule has 1 atom stereocenters. The molecule has 0 aliphatic carbocycles. The number of methoxy groups -OCH3 is 1. The summed E-state index contributed by atoms with van der Waals surface area (Å²) >= 11 is 1.76. The first-order valence-electron chi connectivity index (χ1n) is 8.31. The average molecular weight is 467 g/mol. The van der Waals surface area contributed by atoms with Crippen LogP contribution in [0.3, 0.4) is 0 Å². The fraction of sp³-hybridized carbons (Fsp3) is 0.750. The number of likely N-dealkylation sites (tertiary alicyclic amines) is 1. The predicted molar refractivity (Wildman–Crippen MR) is 112 cm³/mol. The maximum absolute atomic E-state index is 5.19. The van der Waals surface area contributed by atoms with Gasteiger partial charge >= 0.3 is 0 Å². The molecule has 138 valence electrons. The van der Waals surface area contributed by atoms with Crippen molar-refractivity contribution in [2.24, 2.45) is 4.99 Å². The van der Waals surface area contributed by atoms with E-state index < -0.39 is 0 Å². The Labute approximate surface area is 166 Å². The van der Waals surface area contributed by atoms with Gasteiger partial charge in [0, 0.05) is 57.3 Å². The molecule has 2 heterocycles. The maximum Gasteiger partial charge on any atom is 0.191 e. The van der Waals surface area contributed by atoms with Gasteiger partial charge < -0.3 is 15.4 Å². The van der Waals surface area contributed by atoms with Crippen molar-refractivity contribution in [3.63, 3.8) is 0 Å². The summed E-state index contributed by atoms with van der Waals surface area (Å²) in [5.74, 6) is 0.872. The molecular formula is C16H30IN5OS. The Balaban J connectivity index is 0.00000288. The van der Waals surface area contributed by atoms with E-state index in [1.165, 1.54) is 29.3 Å². The van der Waals surface area contributed by atoms with Crippen LogP contribution in [0, 0.1) is 6.92 Å². The Morgan fingerprint density at radius 2 is 2.33 bits per heavy atom. The third kappa shape index (κ3) is 7.20. The van der Waals surface area contributed by atoms with Gasteiger partial charge in [-0.05, 0) is 26.3 Å². The van der Waals surface area contributed by atoms with Crippen LogP contribution in [0.1, 0.15) is 22.7 Å². The van der Waals surface area contributed by atoms with Gasteiger partial charge in [0.05, 0.1) is 11.6 Å². The lowest BCUT2D eigenvalue weighted by Crippen LogP contribution is -2.45. The van der Waals surface area contributed by atoms with Crippen LogP contribution in [0.25, 0.3) is 0 Å². The Kier molecular flexibility index (Phi) is 10.8. The van der Waals surface area contributed by atoms with Crippen LogP contribution in [0.5, 0.6) is 0 Å². The van der Waals surface area contributed by atoms with Crippen LogP contribution in [0.4, 0.5) is 0 Å². The highest BCUT2D eigenvalue weighted by Gasteiger charge is 2.23. The van der Waals surface area contributed by atoms with Crippen molar-refractivity contribution in [3.05, 3.63) is 16.1 Å². The zero-order chi connectivity index (χ0) is 16.5. The lowest BCUT2D eigenvalue weighted by molar-refractivity contribution is 0.141. The third-order valence-electron chi connectivity index (χ3n) is 4.11. The molecule has 2 rings (SSSR count). The van der Waals surface area contributed by atoms with E-state index in [2.05, 4.69) is 32.4 Å². The van der Waals surface area contributed by atoms with Crippen LogP contribution in [0.15, 0.2) is 11.2 Å². The van der Waals surface area contributed by atoms with E-state index in [-0.39, 0.29) is 24.0 Å². The monoisotopic (exact) mass is 467 g/mol. The van der Waals surface area contributed by atoms with Crippen molar-refractivity contribution in [1.29, 1.82) is 0 Å². The Morgan fingerprint density at radius 3 is 3.00 bits per heavy atom. The van der Waals surface area contributed by atoms with E-state index >= 15 is 0 Å². The number of aryl methyl sites for hydroxylation is 1. The summed E-state index contributed by atoms with van der Waals surface area (Å²) < 4.78 is 5.19. The van der Waals surface area contributed by atoms with Gasteiger partial charge in [-0.2, -0.15) is 0 Å². The number of nitrogens with zero attached hydrogens (tertiary/aromatic N) is 3. The lowest BCUT2D eigenvalue weighted by atomic mass is 10.2. The number of aliphatic imine (C=N–C) groups is 1. The van der Waals surface area contributed by atoms with Crippen molar-refractivity contribution >= 4 is 41.3 Å². The van der Waals surface area contributed by atoms with Gasteiger partial charge in [-0.1, -0.05) is 0 Å². The van der Waals surface area contributed by atoms with Gasteiger partial charge in [-0.25, -0.2) is 4.98 Å². The van der Waals surface area contributed by atoms with Crippen LogP contribution in [-0.4, -0.2) is 68.8 Å². The van der Waals surface area contributed by atoms with Crippen molar-refractivity contribution in [2.75, 3.05) is 46.9 Å². The fourth-order valence-corrected chi connectivity index (χ4v) is 3.66. The van der Waals surface area contributed by atoms with Crippen molar-refractivity contribution in [2.45, 2.75) is 32.2 Å². The first-order chi connectivity index (χ1) is 11.2. The van der Waals surface area contributed by atoms with E-state index in [9.17, 15) is 0 Å². The summed E-state index contributed by atoms with van der Waals surface area (Å²) in [6.07, 6.45) is 5.38. The van der Waals surface area contributed by atoms with Gasteiger partial charge in [0.1, 0.15) is 0 Å². The van der Waals surface area contributed by atoms with E-state index in [1.807, 2.05) is 13.2 Å². The van der Waals surface area contributed by atoms with Crippen LogP contribution in [0.2, 0.25) is 0 Å². The molecule has 24 heavy (non-hydrogen) atoms. The lowest BCUT2D eigenvalue weighted by Gasteiger charge is -2.25. The second kappa shape index (κ2) is 12.0. The highest BCUT2D eigenvalue weighted by atomic mass is 127. The van der Waals surface area contributed by atoms with E-state index in [4.69, 9.17) is 4.74 Å². The van der Waals surface area contributed by atoms with E-state index in [1.54, 1.807) is 18.4 Å². The van der Waals surface area contributed by atoms with Gasteiger partial charge in [-0.15, -0.1) is 35.3 Å². The van der Waals surface area contributed by atoms with Crippen molar-refractivity contribution in [1.82, 2.24) is 20.5 Å². The molecule has 1 fully saturated rings. The average Bonchev–Trinajstić information content (AvgIpc) is 3.17. The van der Waals surface area contributed by atoms with E-state index in [0.29, 0.717) is 6.04 Å². The van der Waals surface area contributed by atoms with Crippen LogP contribution < -0.4 is 10.6 Å². The Morgan fingerprint density at radius 1 is 1.50 bits per heavy atom. The van der Waals surface area contributed by atoms with Gasteiger partial charge in [0.15, 0.2) is 5.96 Å². The summed E-state index contributed by atoms with van der Waals surface area (Å²) in [5.41, 5.74) is 0. The normalized spacial score (nSPS) is 18.5. The quantitative estimate of drug-likeness (QED) is 0.348. The minimum atomic E-state index is 0. The molecule has 0 spiro atoms. The number of aromatic nitrogens is 1. The summed E-state index contributed by atoms with van der Waals surface area (Å²) in [7, 11) is 3.58. The van der Waals surface area contributed by atoms with E-state index in [0.717, 1.165) is 38.6 Å². The zero-order valence-electron chi connectivity index (χ0n) is 14.9. The standard InChI is InChI=1S/C16H29N5OS.HI/c1-13-11-19-15(23-13)6-7-18-16(17-2)20-12-14-5-4-8-21(14)9-10-22-3;/h11,14H,4-10,12H2,1-3H3,(H2,17,18,20);1H. The summed E-state index contributed by atoms with van der Waals surface area (Å²) in [6, 6.07) is 0.574. The first kappa shape index (κ1) is 21.6. The van der Waals surface area contributed by atoms with Crippen molar-refractivity contribution < 1.29 is 4.74 Å². The predicted octanol–water partition coefficient (Wildman–Crippen LogP) is 1.89. The molecule has 1 aromatic heterocycles. The molecule has 2 N–H and O–H groups in total. The molecule has 1 unspecified atom stereocenters. The molecule has 0 amide bonds. The molecule has 0 radical (unpaired) electrons. The number of hydrogen-bond acceptors (Lipinski definition) is 5. The maximum atomic E-state index is 5.19.